The highest BCUT2D eigenvalue weighted by Gasteiger charge is 2.16. The molecule has 0 unspecified atom stereocenters. The molecule has 1 N–H and O–H groups in total. The number of fused-ring (bicyclic) bond motifs is 1. The van der Waals surface area contributed by atoms with Crippen LogP contribution >= 0.6 is 0 Å². The minimum Gasteiger partial charge on any atom is -0.497 e. The van der Waals surface area contributed by atoms with Crippen molar-refractivity contribution in [1.29, 1.82) is 5.26 Å². The van der Waals surface area contributed by atoms with Gasteiger partial charge in [0.2, 0.25) is 0 Å². The monoisotopic (exact) mass is 374 g/mol. The maximum absolute atomic E-state index is 14.4. The van der Waals surface area contributed by atoms with Gasteiger partial charge in [-0.15, -0.1) is 0 Å². The lowest BCUT2D eigenvalue weighted by atomic mass is 9.98. The highest BCUT2D eigenvalue weighted by Crippen LogP contribution is 2.33. The molecule has 0 spiro atoms. The van der Waals surface area contributed by atoms with Gasteiger partial charge in [0.15, 0.2) is 0 Å². The number of aryl methyl sites for hydroxylation is 1. The van der Waals surface area contributed by atoms with Crippen LogP contribution in [0.15, 0.2) is 54.6 Å². The van der Waals surface area contributed by atoms with Gasteiger partial charge in [0.05, 0.1) is 30.0 Å². The first-order chi connectivity index (χ1) is 13.5. The largest absolute Gasteiger partial charge is 0.497 e. The second-order valence-corrected chi connectivity index (χ2v) is 6.59. The van der Waals surface area contributed by atoms with Gasteiger partial charge in [-0.1, -0.05) is 12.1 Å². The van der Waals surface area contributed by atoms with Crippen molar-refractivity contribution >= 4 is 10.9 Å². The Morgan fingerprint density at radius 1 is 0.964 bits per heavy atom. The normalized spacial score (nSPS) is 10.8. The van der Waals surface area contributed by atoms with E-state index >= 15 is 0 Å². The lowest BCUT2D eigenvalue weighted by Crippen LogP contribution is -1.93. The predicted molar refractivity (Wildman–Crippen MR) is 105 cm³/mol. The van der Waals surface area contributed by atoms with Crippen molar-refractivity contribution in [3.05, 3.63) is 77.4 Å². The van der Waals surface area contributed by atoms with E-state index in [4.69, 9.17) is 10.00 Å². The average Bonchev–Trinajstić information content (AvgIpc) is 3.09. The predicted octanol–water partition coefficient (Wildman–Crippen LogP) is 5.97. The molecule has 28 heavy (non-hydrogen) atoms. The van der Waals surface area contributed by atoms with E-state index in [-0.39, 0.29) is 11.3 Å². The van der Waals surface area contributed by atoms with Gasteiger partial charge in [-0.3, -0.25) is 0 Å². The summed E-state index contributed by atoms with van der Waals surface area (Å²) in [6.07, 6.45) is 0. The third kappa shape index (κ3) is 2.99. The summed E-state index contributed by atoms with van der Waals surface area (Å²) in [6, 6.07) is 17.5. The number of halogens is 2. The molecule has 138 valence electrons. The summed E-state index contributed by atoms with van der Waals surface area (Å²) in [7, 11) is 1.36. The zero-order valence-corrected chi connectivity index (χ0v) is 15.3. The van der Waals surface area contributed by atoms with E-state index in [1.807, 2.05) is 37.3 Å². The van der Waals surface area contributed by atoms with E-state index in [1.165, 1.54) is 7.11 Å². The molecular formula is C23H16F2N2O. The SMILES string of the molecule is COc1cc(F)c(-c2cc3cc(-c4ccc(C#N)cc4C)ccc3[nH]2)c(F)c1. The molecule has 1 aromatic heterocycles. The maximum Gasteiger partial charge on any atom is 0.139 e. The second-order valence-electron chi connectivity index (χ2n) is 6.59. The van der Waals surface area contributed by atoms with Crippen LogP contribution in [-0.2, 0) is 0 Å². The number of aromatic nitrogens is 1. The third-order valence-electron chi connectivity index (χ3n) is 4.81. The topological polar surface area (TPSA) is 48.8 Å². The molecule has 4 rings (SSSR count). The fourth-order valence-corrected chi connectivity index (χ4v) is 3.42. The molecule has 3 nitrogen and oxygen atoms in total. The van der Waals surface area contributed by atoms with Crippen molar-refractivity contribution in [2.75, 3.05) is 7.11 Å². The molecule has 0 amide bonds. The third-order valence-corrected chi connectivity index (χ3v) is 4.81. The number of nitrogens with one attached hydrogen (secondary N) is 1. The molecule has 4 aromatic rings. The number of hydrogen-bond donors (Lipinski definition) is 1. The first-order valence-corrected chi connectivity index (χ1v) is 8.67. The minimum absolute atomic E-state index is 0.117. The van der Waals surface area contributed by atoms with Crippen molar-refractivity contribution in [3.8, 4) is 34.2 Å². The van der Waals surface area contributed by atoms with Crippen LogP contribution in [0.2, 0.25) is 0 Å². The van der Waals surface area contributed by atoms with Crippen LogP contribution in [0.4, 0.5) is 8.78 Å². The Morgan fingerprint density at radius 3 is 2.36 bits per heavy atom. The van der Waals surface area contributed by atoms with Crippen LogP contribution < -0.4 is 4.74 Å². The molecule has 3 aromatic carbocycles. The molecule has 0 aliphatic carbocycles. The minimum atomic E-state index is -0.688. The number of hydrogen-bond acceptors (Lipinski definition) is 2. The van der Waals surface area contributed by atoms with Crippen molar-refractivity contribution in [1.82, 2.24) is 4.98 Å². The molecule has 0 bridgehead atoms. The van der Waals surface area contributed by atoms with Gasteiger partial charge in [-0.05, 0) is 53.9 Å². The Labute approximate surface area is 160 Å². The van der Waals surface area contributed by atoms with Gasteiger partial charge < -0.3 is 9.72 Å². The summed E-state index contributed by atoms with van der Waals surface area (Å²) >= 11 is 0. The van der Waals surface area contributed by atoms with Gasteiger partial charge in [-0.2, -0.15) is 5.26 Å². The quantitative estimate of drug-likeness (QED) is 0.480. The number of nitrogens with zero attached hydrogens (tertiary/aromatic N) is 1. The highest BCUT2D eigenvalue weighted by atomic mass is 19.1. The number of rotatable bonds is 3. The summed E-state index contributed by atoms with van der Waals surface area (Å²) in [6.45, 7) is 1.95. The maximum atomic E-state index is 14.4. The van der Waals surface area contributed by atoms with Crippen molar-refractivity contribution in [2.24, 2.45) is 0 Å². The van der Waals surface area contributed by atoms with Gasteiger partial charge in [0.25, 0.3) is 0 Å². The summed E-state index contributed by atoms with van der Waals surface area (Å²) in [5.74, 6) is -1.24. The number of ether oxygens (including phenoxy) is 1. The Kier molecular flexibility index (Phi) is 4.32. The van der Waals surface area contributed by atoms with Crippen LogP contribution in [0, 0.1) is 29.9 Å². The Morgan fingerprint density at radius 2 is 1.71 bits per heavy atom. The van der Waals surface area contributed by atoms with Crippen molar-refractivity contribution in [2.45, 2.75) is 6.92 Å². The molecule has 0 aliphatic heterocycles. The Balaban J connectivity index is 1.81. The molecule has 0 fully saturated rings. The van der Waals surface area contributed by atoms with E-state index in [2.05, 4.69) is 11.1 Å². The van der Waals surface area contributed by atoms with Crippen LogP contribution in [0.1, 0.15) is 11.1 Å². The zero-order chi connectivity index (χ0) is 19.8. The second kappa shape index (κ2) is 6.82. The Bertz CT molecular complexity index is 1230. The molecule has 0 aliphatic rings. The molecule has 0 saturated heterocycles. The fourth-order valence-electron chi connectivity index (χ4n) is 3.42. The Hall–Kier alpha value is -3.65. The molecule has 1 heterocycles. The lowest BCUT2D eigenvalue weighted by Gasteiger charge is -2.06. The van der Waals surface area contributed by atoms with E-state index in [9.17, 15) is 8.78 Å². The van der Waals surface area contributed by atoms with Crippen molar-refractivity contribution in [3.63, 3.8) is 0 Å². The van der Waals surface area contributed by atoms with Gasteiger partial charge in [0, 0.05) is 23.0 Å². The fraction of sp³-hybridized carbons (Fsp3) is 0.0870. The summed E-state index contributed by atoms with van der Waals surface area (Å²) in [5, 5.41) is 9.87. The first-order valence-electron chi connectivity index (χ1n) is 8.67. The molecule has 5 heteroatoms. The molecule has 0 atom stereocenters. The average molecular weight is 374 g/mol. The number of nitriles is 1. The van der Waals surface area contributed by atoms with E-state index in [1.54, 1.807) is 12.1 Å². The summed E-state index contributed by atoms with van der Waals surface area (Å²) in [4.78, 5) is 3.08. The van der Waals surface area contributed by atoms with Gasteiger partial charge in [-0.25, -0.2) is 8.78 Å². The van der Waals surface area contributed by atoms with Crippen LogP contribution in [0.25, 0.3) is 33.3 Å². The van der Waals surface area contributed by atoms with Crippen molar-refractivity contribution < 1.29 is 13.5 Å². The number of methoxy groups -OCH3 is 1. The van der Waals surface area contributed by atoms with Gasteiger partial charge >= 0.3 is 0 Å². The van der Waals surface area contributed by atoms with Gasteiger partial charge in [0.1, 0.15) is 17.4 Å². The van der Waals surface area contributed by atoms with E-state index in [0.717, 1.165) is 39.7 Å². The smallest absolute Gasteiger partial charge is 0.139 e. The molecule has 0 radical (unpaired) electrons. The van der Waals surface area contributed by atoms with Crippen LogP contribution in [0.5, 0.6) is 5.75 Å². The van der Waals surface area contributed by atoms with E-state index < -0.39 is 11.6 Å². The lowest BCUT2D eigenvalue weighted by molar-refractivity contribution is 0.407. The van der Waals surface area contributed by atoms with E-state index in [0.29, 0.717) is 11.3 Å². The zero-order valence-electron chi connectivity index (χ0n) is 15.3. The molecular weight excluding hydrogens is 358 g/mol. The summed E-state index contributed by atoms with van der Waals surface area (Å²) in [5.41, 5.74) is 4.59. The molecule has 0 saturated carbocycles. The number of benzene rings is 3. The number of aromatic amines is 1. The van der Waals surface area contributed by atoms with Crippen LogP contribution in [-0.4, -0.2) is 12.1 Å². The van der Waals surface area contributed by atoms with Crippen LogP contribution in [0.3, 0.4) is 0 Å². The first kappa shape index (κ1) is 17.7. The number of H-pyrrole nitrogens is 1. The summed E-state index contributed by atoms with van der Waals surface area (Å²) < 4.78 is 33.7. The highest BCUT2D eigenvalue weighted by molar-refractivity contribution is 5.90. The standard InChI is InChI=1S/C23H16F2N2O/c1-13-7-14(12-26)3-5-18(13)15-4-6-21-16(8-15)9-22(27-21)23-19(24)10-17(28-2)11-20(23)25/h3-11,27H,1-2H3.